The van der Waals surface area contributed by atoms with Crippen LogP contribution < -0.4 is 4.74 Å². The molecule has 0 saturated carbocycles. The van der Waals surface area contributed by atoms with Crippen LogP contribution in [0.25, 0.3) is 0 Å². The standard InChI is InChI=1S/C12H15NO4/c14-12(15)10-1-2-11(13-7-10)17-8-9-3-5-16-6-4-9/h1-2,7,9H,3-6,8H2,(H,14,15). The van der Waals surface area contributed by atoms with Crippen LogP contribution in [0.2, 0.25) is 0 Å². The van der Waals surface area contributed by atoms with Crippen LogP contribution in [0, 0.1) is 5.92 Å². The van der Waals surface area contributed by atoms with Gasteiger partial charge in [-0.05, 0) is 24.8 Å². The molecule has 17 heavy (non-hydrogen) atoms. The van der Waals surface area contributed by atoms with E-state index in [1.54, 1.807) is 6.07 Å². The van der Waals surface area contributed by atoms with Gasteiger partial charge in [-0.3, -0.25) is 0 Å². The molecule has 1 aromatic rings. The van der Waals surface area contributed by atoms with Crippen molar-refractivity contribution in [3.63, 3.8) is 0 Å². The van der Waals surface area contributed by atoms with Gasteiger partial charge in [0.05, 0.1) is 12.2 Å². The monoisotopic (exact) mass is 237 g/mol. The topological polar surface area (TPSA) is 68.7 Å². The minimum Gasteiger partial charge on any atom is -0.478 e. The van der Waals surface area contributed by atoms with Crippen LogP contribution >= 0.6 is 0 Å². The fourth-order valence-electron chi connectivity index (χ4n) is 1.71. The zero-order chi connectivity index (χ0) is 12.1. The van der Waals surface area contributed by atoms with Gasteiger partial charge in [-0.1, -0.05) is 0 Å². The molecule has 0 aliphatic carbocycles. The van der Waals surface area contributed by atoms with E-state index in [1.165, 1.54) is 12.3 Å². The number of ether oxygens (including phenoxy) is 2. The molecule has 1 saturated heterocycles. The second-order valence-corrected chi connectivity index (χ2v) is 4.06. The quantitative estimate of drug-likeness (QED) is 0.861. The van der Waals surface area contributed by atoms with Gasteiger partial charge in [-0.15, -0.1) is 0 Å². The Morgan fingerprint density at radius 2 is 2.24 bits per heavy atom. The molecule has 0 bridgehead atoms. The normalized spacial score (nSPS) is 16.7. The van der Waals surface area contributed by atoms with E-state index in [2.05, 4.69) is 4.98 Å². The predicted octanol–water partition coefficient (Wildman–Crippen LogP) is 1.59. The van der Waals surface area contributed by atoms with Crippen LogP contribution in [-0.4, -0.2) is 35.9 Å². The molecule has 0 atom stereocenters. The maximum atomic E-state index is 10.6. The average molecular weight is 237 g/mol. The second kappa shape index (κ2) is 5.63. The van der Waals surface area contributed by atoms with Gasteiger partial charge in [0.15, 0.2) is 0 Å². The largest absolute Gasteiger partial charge is 0.478 e. The van der Waals surface area contributed by atoms with E-state index in [0.29, 0.717) is 18.4 Å². The maximum absolute atomic E-state index is 10.6. The van der Waals surface area contributed by atoms with Crippen LogP contribution in [0.15, 0.2) is 18.3 Å². The van der Waals surface area contributed by atoms with E-state index in [4.69, 9.17) is 14.6 Å². The summed E-state index contributed by atoms with van der Waals surface area (Å²) in [6.07, 6.45) is 3.32. The Balaban J connectivity index is 1.84. The molecule has 1 N–H and O–H groups in total. The SMILES string of the molecule is O=C(O)c1ccc(OCC2CCOCC2)nc1. The summed E-state index contributed by atoms with van der Waals surface area (Å²) < 4.78 is 10.8. The molecule has 5 heteroatoms. The van der Waals surface area contributed by atoms with Crippen molar-refractivity contribution in [1.29, 1.82) is 0 Å². The fourth-order valence-corrected chi connectivity index (χ4v) is 1.71. The average Bonchev–Trinajstić information content (AvgIpc) is 2.38. The first-order valence-electron chi connectivity index (χ1n) is 5.65. The highest BCUT2D eigenvalue weighted by atomic mass is 16.5. The third-order valence-electron chi connectivity index (χ3n) is 2.79. The number of hydrogen-bond acceptors (Lipinski definition) is 4. The smallest absolute Gasteiger partial charge is 0.337 e. The summed E-state index contributed by atoms with van der Waals surface area (Å²) in [5, 5.41) is 8.71. The van der Waals surface area contributed by atoms with Crippen LogP contribution in [0.1, 0.15) is 23.2 Å². The molecule has 2 rings (SSSR count). The summed E-state index contributed by atoms with van der Waals surface area (Å²) in [6, 6.07) is 3.08. The van der Waals surface area contributed by atoms with E-state index < -0.39 is 5.97 Å². The van der Waals surface area contributed by atoms with Crippen molar-refractivity contribution in [2.45, 2.75) is 12.8 Å². The van der Waals surface area contributed by atoms with Crippen LogP contribution in [0.4, 0.5) is 0 Å². The molecule has 1 fully saturated rings. The van der Waals surface area contributed by atoms with Crippen molar-refractivity contribution in [1.82, 2.24) is 4.98 Å². The lowest BCUT2D eigenvalue weighted by Gasteiger charge is -2.21. The third kappa shape index (κ3) is 3.42. The van der Waals surface area contributed by atoms with Crippen molar-refractivity contribution in [3.8, 4) is 5.88 Å². The van der Waals surface area contributed by atoms with Gasteiger partial charge >= 0.3 is 5.97 Å². The molecular weight excluding hydrogens is 222 g/mol. The highest BCUT2D eigenvalue weighted by Crippen LogP contribution is 2.16. The van der Waals surface area contributed by atoms with Gasteiger partial charge in [0, 0.05) is 25.5 Å². The van der Waals surface area contributed by atoms with Crippen molar-refractivity contribution in [3.05, 3.63) is 23.9 Å². The summed E-state index contributed by atoms with van der Waals surface area (Å²) in [6.45, 7) is 2.20. The first-order valence-corrected chi connectivity index (χ1v) is 5.65. The Morgan fingerprint density at radius 3 is 2.82 bits per heavy atom. The molecule has 0 spiro atoms. The lowest BCUT2D eigenvalue weighted by Crippen LogP contribution is -2.21. The Morgan fingerprint density at radius 1 is 1.47 bits per heavy atom. The van der Waals surface area contributed by atoms with Crippen molar-refractivity contribution in [2.24, 2.45) is 5.92 Å². The Kier molecular flexibility index (Phi) is 3.93. The maximum Gasteiger partial charge on any atom is 0.337 e. The first-order chi connectivity index (χ1) is 8.25. The van der Waals surface area contributed by atoms with Crippen molar-refractivity contribution >= 4 is 5.97 Å². The van der Waals surface area contributed by atoms with Crippen LogP contribution in [0.5, 0.6) is 5.88 Å². The molecule has 0 unspecified atom stereocenters. The number of carboxylic acid groups (broad SMARTS) is 1. The van der Waals surface area contributed by atoms with E-state index in [9.17, 15) is 4.79 Å². The molecule has 0 amide bonds. The van der Waals surface area contributed by atoms with E-state index in [1.807, 2.05) is 0 Å². The number of rotatable bonds is 4. The number of pyridine rings is 1. The van der Waals surface area contributed by atoms with Gasteiger partial charge in [-0.2, -0.15) is 0 Å². The summed E-state index contributed by atoms with van der Waals surface area (Å²) in [4.78, 5) is 14.6. The van der Waals surface area contributed by atoms with Gasteiger partial charge < -0.3 is 14.6 Å². The zero-order valence-corrected chi connectivity index (χ0v) is 9.46. The third-order valence-corrected chi connectivity index (χ3v) is 2.79. The van der Waals surface area contributed by atoms with Gasteiger partial charge in [-0.25, -0.2) is 9.78 Å². The number of hydrogen-bond donors (Lipinski definition) is 1. The Labute approximate surface area is 99.4 Å². The summed E-state index contributed by atoms with van der Waals surface area (Å²) >= 11 is 0. The molecule has 1 aliphatic heterocycles. The van der Waals surface area contributed by atoms with Crippen molar-refractivity contribution in [2.75, 3.05) is 19.8 Å². The molecule has 92 valence electrons. The highest BCUT2D eigenvalue weighted by molar-refractivity contribution is 5.87. The molecule has 1 aromatic heterocycles. The highest BCUT2D eigenvalue weighted by Gasteiger charge is 2.14. The van der Waals surface area contributed by atoms with Gasteiger partial charge in [0.2, 0.25) is 5.88 Å². The minimum absolute atomic E-state index is 0.170. The number of carbonyl (C=O) groups is 1. The van der Waals surface area contributed by atoms with Crippen LogP contribution in [0.3, 0.4) is 0 Å². The van der Waals surface area contributed by atoms with Gasteiger partial charge in [0.1, 0.15) is 0 Å². The second-order valence-electron chi connectivity index (χ2n) is 4.06. The lowest BCUT2D eigenvalue weighted by molar-refractivity contribution is 0.0490. The summed E-state index contributed by atoms with van der Waals surface area (Å²) in [5.74, 6) is -0.000304. The minimum atomic E-state index is -0.978. The number of carboxylic acids is 1. The molecule has 2 heterocycles. The van der Waals surface area contributed by atoms with Crippen molar-refractivity contribution < 1.29 is 19.4 Å². The number of aromatic carboxylic acids is 1. The number of nitrogens with zero attached hydrogens (tertiary/aromatic N) is 1. The molecule has 0 aromatic carbocycles. The summed E-state index contributed by atoms with van der Waals surface area (Å²) in [7, 11) is 0. The van der Waals surface area contributed by atoms with Crippen LogP contribution in [-0.2, 0) is 4.74 Å². The lowest BCUT2D eigenvalue weighted by atomic mass is 10.0. The Hall–Kier alpha value is -1.62. The molecule has 5 nitrogen and oxygen atoms in total. The molecule has 1 aliphatic rings. The van der Waals surface area contributed by atoms with Gasteiger partial charge in [0.25, 0.3) is 0 Å². The fraction of sp³-hybridized carbons (Fsp3) is 0.500. The number of aromatic nitrogens is 1. The van der Waals surface area contributed by atoms with E-state index in [-0.39, 0.29) is 5.56 Å². The van der Waals surface area contributed by atoms with E-state index >= 15 is 0 Å². The Bertz CT molecular complexity index is 371. The molecule has 0 radical (unpaired) electrons. The zero-order valence-electron chi connectivity index (χ0n) is 9.46. The van der Waals surface area contributed by atoms with E-state index in [0.717, 1.165) is 26.1 Å². The summed E-state index contributed by atoms with van der Waals surface area (Å²) in [5.41, 5.74) is 0.170. The first kappa shape index (κ1) is 11.9. The molecular formula is C12H15NO4. The predicted molar refractivity (Wildman–Crippen MR) is 60.2 cm³/mol.